The third-order valence-corrected chi connectivity index (χ3v) is 7.05. The van der Waals surface area contributed by atoms with Gasteiger partial charge in [0.1, 0.15) is 5.75 Å². The highest BCUT2D eigenvalue weighted by atomic mass is 32.2. The zero-order valence-corrected chi connectivity index (χ0v) is 20.1. The molecule has 0 saturated carbocycles. The van der Waals surface area contributed by atoms with Crippen LogP contribution >= 0.6 is 11.8 Å². The number of likely N-dealkylation sites (N-methyl/N-ethyl adjacent to an activating group) is 1. The Bertz CT molecular complexity index is 1160. The van der Waals surface area contributed by atoms with E-state index in [1.54, 1.807) is 23.8 Å². The number of hydrogen-bond donors (Lipinski definition) is 0. The number of thioether (sulfide) groups is 1. The van der Waals surface area contributed by atoms with E-state index < -0.39 is 17.3 Å². The molecule has 0 aliphatic carbocycles. The van der Waals surface area contributed by atoms with Crippen LogP contribution in [0.5, 0.6) is 5.75 Å². The van der Waals surface area contributed by atoms with Crippen molar-refractivity contribution in [3.8, 4) is 5.75 Å². The van der Waals surface area contributed by atoms with E-state index in [1.807, 2.05) is 61.5 Å². The zero-order chi connectivity index (χ0) is 23.5. The molecule has 3 aromatic carbocycles. The first-order chi connectivity index (χ1) is 15.9. The van der Waals surface area contributed by atoms with Crippen molar-refractivity contribution in [1.29, 1.82) is 0 Å². The smallest absolute Gasteiger partial charge is 0.303 e. The third kappa shape index (κ3) is 4.84. The van der Waals surface area contributed by atoms with E-state index in [-0.39, 0.29) is 5.91 Å². The minimum atomic E-state index is -0.966. The van der Waals surface area contributed by atoms with Crippen molar-refractivity contribution < 1.29 is 19.1 Å². The average molecular weight is 465 g/mol. The fourth-order valence-corrected chi connectivity index (χ4v) is 5.43. The van der Waals surface area contributed by atoms with Crippen LogP contribution in [-0.4, -0.2) is 57.2 Å². The first kappa shape index (κ1) is 23.1. The van der Waals surface area contributed by atoms with Crippen LogP contribution in [0.25, 0.3) is 10.8 Å². The SMILES string of the molecule is COc1ccc([C@@H]2Sc3cccc4cccc(c34)N(CCN(C)C)C(=O)[C@H]2OC(C)=O)cc1. The minimum absolute atomic E-state index is 0.220. The van der Waals surface area contributed by atoms with Gasteiger partial charge in [0.25, 0.3) is 5.91 Å². The van der Waals surface area contributed by atoms with E-state index >= 15 is 0 Å². The number of anilines is 1. The second-order valence-corrected chi connectivity index (χ2v) is 9.45. The van der Waals surface area contributed by atoms with Crippen molar-refractivity contribution in [2.75, 3.05) is 39.2 Å². The molecule has 1 heterocycles. The highest BCUT2D eigenvalue weighted by molar-refractivity contribution is 7.99. The molecular formula is C26H28N2O4S. The quantitative estimate of drug-likeness (QED) is 0.500. The number of benzene rings is 3. The molecule has 0 unspecified atom stereocenters. The Labute approximate surface area is 198 Å². The predicted molar refractivity (Wildman–Crippen MR) is 132 cm³/mol. The van der Waals surface area contributed by atoms with Gasteiger partial charge in [-0.3, -0.25) is 9.59 Å². The summed E-state index contributed by atoms with van der Waals surface area (Å²) in [4.78, 5) is 31.0. The highest BCUT2D eigenvalue weighted by Gasteiger charge is 2.39. The lowest BCUT2D eigenvalue weighted by atomic mass is 10.0. The molecular weight excluding hydrogens is 436 g/mol. The lowest BCUT2D eigenvalue weighted by molar-refractivity contribution is -0.152. The Kier molecular flexibility index (Phi) is 6.91. The molecule has 3 aromatic rings. The van der Waals surface area contributed by atoms with Gasteiger partial charge in [0.15, 0.2) is 6.10 Å². The van der Waals surface area contributed by atoms with Crippen LogP contribution < -0.4 is 9.64 Å². The molecule has 7 heteroatoms. The van der Waals surface area contributed by atoms with Crippen LogP contribution in [0.1, 0.15) is 17.7 Å². The molecule has 0 spiro atoms. The van der Waals surface area contributed by atoms with Gasteiger partial charge in [-0.25, -0.2) is 0 Å². The van der Waals surface area contributed by atoms with Gasteiger partial charge in [-0.15, -0.1) is 11.8 Å². The Morgan fingerprint density at radius 1 is 1.06 bits per heavy atom. The van der Waals surface area contributed by atoms with Gasteiger partial charge in [-0.05, 0) is 49.3 Å². The van der Waals surface area contributed by atoms with Crippen molar-refractivity contribution in [2.24, 2.45) is 0 Å². The van der Waals surface area contributed by atoms with Gasteiger partial charge in [0, 0.05) is 30.3 Å². The van der Waals surface area contributed by atoms with Gasteiger partial charge in [-0.2, -0.15) is 0 Å². The van der Waals surface area contributed by atoms with Crippen molar-refractivity contribution in [3.63, 3.8) is 0 Å². The largest absolute Gasteiger partial charge is 0.497 e. The number of hydrogen-bond acceptors (Lipinski definition) is 6. The van der Waals surface area contributed by atoms with Crippen molar-refractivity contribution in [1.82, 2.24) is 4.90 Å². The van der Waals surface area contributed by atoms with Crippen molar-refractivity contribution in [3.05, 3.63) is 66.2 Å². The molecule has 2 atom stereocenters. The molecule has 0 aromatic heterocycles. The van der Waals surface area contributed by atoms with Crippen LogP contribution in [0, 0.1) is 0 Å². The molecule has 0 radical (unpaired) electrons. The second kappa shape index (κ2) is 9.85. The van der Waals surface area contributed by atoms with E-state index in [0.29, 0.717) is 13.1 Å². The molecule has 6 nitrogen and oxygen atoms in total. The number of ether oxygens (including phenoxy) is 2. The molecule has 1 amide bonds. The van der Waals surface area contributed by atoms with Crippen LogP contribution in [0.3, 0.4) is 0 Å². The monoisotopic (exact) mass is 464 g/mol. The summed E-state index contributed by atoms with van der Waals surface area (Å²) in [5, 5.41) is 1.70. The number of carbonyl (C=O) groups is 2. The topological polar surface area (TPSA) is 59.1 Å². The number of methoxy groups -OCH3 is 1. The van der Waals surface area contributed by atoms with E-state index in [4.69, 9.17) is 9.47 Å². The van der Waals surface area contributed by atoms with Gasteiger partial charge in [0.05, 0.1) is 18.0 Å². The Balaban J connectivity index is 1.91. The molecule has 33 heavy (non-hydrogen) atoms. The summed E-state index contributed by atoms with van der Waals surface area (Å²) < 4.78 is 11.0. The number of esters is 1. The van der Waals surface area contributed by atoms with E-state index in [0.717, 1.165) is 32.7 Å². The Morgan fingerprint density at radius 2 is 1.76 bits per heavy atom. The minimum Gasteiger partial charge on any atom is -0.497 e. The maximum atomic E-state index is 14.0. The molecule has 1 aliphatic heterocycles. The maximum Gasteiger partial charge on any atom is 0.303 e. The molecule has 1 aliphatic rings. The first-order valence-electron chi connectivity index (χ1n) is 10.8. The van der Waals surface area contributed by atoms with Crippen molar-refractivity contribution in [2.45, 2.75) is 23.2 Å². The van der Waals surface area contributed by atoms with Crippen LogP contribution in [0.15, 0.2) is 65.6 Å². The number of carbonyl (C=O) groups excluding carboxylic acids is 2. The molecule has 0 saturated heterocycles. The lowest BCUT2D eigenvalue weighted by Gasteiger charge is -2.35. The summed E-state index contributed by atoms with van der Waals surface area (Å²) in [5.74, 6) is 0.0273. The predicted octanol–water partition coefficient (Wildman–Crippen LogP) is 4.52. The van der Waals surface area contributed by atoms with Gasteiger partial charge >= 0.3 is 5.97 Å². The third-order valence-electron chi connectivity index (χ3n) is 5.68. The van der Waals surface area contributed by atoms with Gasteiger partial charge < -0.3 is 19.3 Å². The fraction of sp³-hybridized carbons (Fsp3) is 0.308. The molecule has 4 rings (SSSR count). The molecule has 0 fully saturated rings. The molecule has 0 bridgehead atoms. The van der Waals surface area contributed by atoms with E-state index in [9.17, 15) is 9.59 Å². The summed E-state index contributed by atoms with van der Waals surface area (Å²) in [6.45, 7) is 2.51. The van der Waals surface area contributed by atoms with E-state index in [1.165, 1.54) is 6.92 Å². The fourth-order valence-electron chi connectivity index (χ4n) is 4.07. The van der Waals surface area contributed by atoms with Crippen LogP contribution in [-0.2, 0) is 14.3 Å². The van der Waals surface area contributed by atoms with Crippen molar-refractivity contribution >= 4 is 40.1 Å². The standard InChI is InChI=1S/C26H28N2O4S/c1-17(29)32-24-25(19-11-13-20(31-4)14-12-19)33-22-10-6-8-18-7-5-9-21(23(18)22)28(26(24)30)16-15-27(2)3/h5-14,24-25H,15-16H2,1-4H3/t24-,25-/m0/s1. The average Bonchev–Trinajstić information content (AvgIpc) is 2.80. The maximum absolute atomic E-state index is 14.0. The van der Waals surface area contributed by atoms with E-state index in [2.05, 4.69) is 18.2 Å². The van der Waals surface area contributed by atoms with Gasteiger partial charge in [-0.1, -0.05) is 36.4 Å². The molecule has 0 N–H and O–H groups in total. The summed E-state index contributed by atoms with van der Waals surface area (Å²) in [6.07, 6.45) is -0.966. The number of amides is 1. The highest BCUT2D eigenvalue weighted by Crippen LogP contribution is 2.47. The second-order valence-electron chi connectivity index (χ2n) is 8.27. The van der Waals surface area contributed by atoms with Gasteiger partial charge in [0.2, 0.25) is 0 Å². The van der Waals surface area contributed by atoms with Crippen LogP contribution in [0.4, 0.5) is 5.69 Å². The summed E-state index contributed by atoms with van der Waals surface area (Å²) in [7, 11) is 5.57. The first-order valence-corrected chi connectivity index (χ1v) is 11.7. The number of nitrogens with zero attached hydrogens (tertiary/aromatic N) is 2. The molecule has 172 valence electrons. The Hall–Kier alpha value is -3.03. The summed E-state index contributed by atoms with van der Waals surface area (Å²) in [5.41, 5.74) is 1.73. The summed E-state index contributed by atoms with van der Waals surface area (Å²) >= 11 is 1.55. The normalized spacial score (nSPS) is 18.2. The summed E-state index contributed by atoms with van der Waals surface area (Å²) in [6, 6.07) is 19.7. The van der Waals surface area contributed by atoms with Crippen LogP contribution in [0.2, 0.25) is 0 Å². The lowest BCUT2D eigenvalue weighted by Crippen LogP contribution is -2.46. The Morgan fingerprint density at radius 3 is 2.39 bits per heavy atom. The zero-order valence-electron chi connectivity index (χ0n) is 19.3. The number of rotatable bonds is 6.